The highest BCUT2D eigenvalue weighted by Crippen LogP contribution is 2.26. The van der Waals surface area contributed by atoms with Gasteiger partial charge in [-0.3, -0.25) is 4.79 Å². The van der Waals surface area contributed by atoms with E-state index in [1.807, 2.05) is 0 Å². The first-order valence-corrected chi connectivity index (χ1v) is 8.22. The lowest BCUT2D eigenvalue weighted by molar-refractivity contribution is -0.136. The third-order valence-corrected chi connectivity index (χ3v) is 5.06. The molecule has 2 saturated heterocycles. The normalized spacial score (nSPS) is 30.1. The Morgan fingerprint density at radius 2 is 2.16 bits per heavy atom. The van der Waals surface area contributed by atoms with Crippen LogP contribution in [0.1, 0.15) is 58.8 Å². The van der Waals surface area contributed by atoms with E-state index in [1.54, 1.807) is 0 Å². The van der Waals surface area contributed by atoms with Crippen LogP contribution in [0, 0.1) is 11.8 Å². The lowest BCUT2D eigenvalue weighted by atomic mass is 9.85. The van der Waals surface area contributed by atoms with E-state index >= 15 is 0 Å². The van der Waals surface area contributed by atoms with Crippen LogP contribution in [0.4, 0.5) is 0 Å². The highest BCUT2D eigenvalue weighted by Gasteiger charge is 2.28. The molecule has 110 valence electrons. The Kier molecular flexibility index (Phi) is 5.68. The molecule has 3 heteroatoms. The summed E-state index contributed by atoms with van der Waals surface area (Å²) in [5.41, 5.74) is 0. The number of piperidine rings is 2. The van der Waals surface area contributed by atoms with E-state index in [-0.39, 0.29) is 0 Å². The molecule has 0 aromatic carbocycles. The fraction of sp³-hybridized carbons (Fsp3) is 0.938. The molecule has 0 radical (unpaired) electrons. The number of carbonyl (C=O) groups excluding carboxylic acids is 1. The van der Waals surface area contributed by atoms with Crippen molar-refractivity contribution in [1.82, 2.24) is 10.2 Å². The van der Waals surface area contributed by atoms with Crippen molar-refractivity contribution in [1.29, 1.82) is 0 Å². The summed E-state index contributed by atoms with van der Waals surface area (Å²) in [7, 11) is 0. The molecule has 0 aromatic rings. The van der Waals surface area contributed by atoms with Gasteiger partial charge in [0.2, 0.25) is 5.91 Å². The first-order valence-electron chi connectivity index (χ1n) is 8.22. The van der Waals surface area contributed by atoms with Gasteiger partial charge in [0.05, 0.1) is 0 Å². The van der Waals surface area contributed by atoms with Crippen LogP contribution in [0.15, 0.2) is 0 Å². The van der Waals surface area contributed by atoms with Gasteiger partial charge in [0.1, 0.15) is 0 Å². The number of nitrogens with one attached hydrogen (secondary N) is 1. The van der Waals surface area contributed by atoms with Crippen molar-refractivity contribution in [2.75, 3.05) is 19.6 Å². The van der Waals surface area contributed by atoms with Gasteiger partial charge >= 0.3 is 0 Å². The van der Waals surface area contributed by atoms with Gasteiger partial charge < -0.3 is 10.2 Å². The lowest BCUT2D eigenvalue weighted by Crippen LogP contribution is -2.44. The van der Waals surface area contributed by atoms with E-state index in [0.29, 0.717) is 23.8 Å². The van der Waals surface area contributed by atoms with Gasteiger partial charge in [0, 0.05) is 19.0 Å². The van der Waals surface area contributed by atoms with Crippen LogP contribution < -0.4 is 5.32 Å². The Hall–Kier alpha value is -0.570. The molecule has 0 aromatic heterocycles. The Morgan fingerprint density at radius 1 is 1.32 bits per heavy atom. The molecule has 3 atom stereocenters. The molecular weight excluding hydrogens is 236 g/mol. The van der Waals surface area contributed by atoms with Crippen LogP contribution in [0.3, 0.4) is 0 Å². The van der Waals surface area contributed by atoms with Gasteiger partial charge in [0.25, 0.3) is 0 Å². The maximum absolute atomic E-state index is 12.5. The molecule has 3 nitrogen and oxygen atoms in total. The topological polar surface area (TPSA) is 32.3 Å². The fourth-order valence-electron chi connectivity index (χ4n) is 3.68. The van der Waals surface area contributed by atoms with Crippen molar-refractivity contribution >= 4 is 5.91 Å². The van der Waals surface area contributed by atoms with Gasteiger partial charge in [0.15, 0.2) is 0 Å². The zero-order chi connectivity index (χ0) is 13.7. The third-order valence-electron chi connectivity index (χ3n) is 5.06. The van der Waals surface area contributed by atoms with Crippen molar-refractivity contribution in [2.45, 2.75) is 64.8 Å². The molecule has 3 unspecified atom stereocenters. The van der Waals surface area contributed by atoms with E-state index in [0.717, 1.165) is 32.5 Å². The molecule has 0 spiro atoms. The van der Waals surface area contributed by atoms with Crippen LogP contribution in [-0.4, -0.2) is 36.5 Å². The number of amides is 1. The lowest BCUT2D eigenvalue weighted by Gasteiger charge is -2.37. The standard InChI is InChI=1S/C16H30N2O/c1-3-15-8-4-5-10-18(15)16(19)11-13(2)14-7-6-9-17-12-14/h13-15,17H,3-12H2,1-2H3. The van der Waals surface area contributed by atoms with Crippen molar-refractivity contribution < 1.29 is 4.79 Å². The van der Waals surface area contributed by atoms with Crippen molar-refractivity contribution in [3.05, 3.63) is 0 Å². The summed E-state index contributed by atoms with van der Waals surface area (Å²) in [5.74, 6) is 1.63. The Labute approximate surface area is 118 Å². The quantitative estimate of drug-likeness (QED) is 0.848. The molecule has 2 aliphatic rings. The average molecular weight is 266 g/mol. The molecule has 0 bridgehead atoms. The average Bonchev–Trinajstić information content (AvgIpc) is 2.48. The molecule has 0 aliphatic carbocycles. The number of hydrogen-bond donors (Lipinski definition) is 1. The summed E-state index contributed by atoms with van der Waals surface area (Å²) in [4.78, 5) is 14.7. The van der Waals surface area contributed by atoms with Crippen molar-refractivity contribution in [2.24, 2.45) is 11.8 Å². The maximum atomic E-state index is 12.5. The Bertz CT molecular complexity index is 286. The highest BCUT2D eigenvalue weighted by atomic mass is 16.2. The van der Waals surface area contributed by atoms with Gasteiger partial charge in [-0.05, 0) is 63.5 Å². The second-order valence-corrected chi connectivity index (χ2v) is 6.43. The second-order valence-electron chi connectivity index (χ2n) is 6.43. The summed E-state index contributed by atoms with van der Waals surface area (Å²) in [6, 6.07) is 0.512. The highest BCUT2D eigenvalue weighted by molar-refractivity contribution is 5.76. The minimum absolute atomic E-state index is 0.407. The zero-order valence-corrected chi connectivity index (χ0v) is 12.7. The van der Waals surface area contributed by atoms with E-state index in [9.17, 15) is 4.79 Å². The maximum Gasteiger partial charge on any atom is 0.223 e. The van der Waals surface area contributed by atoms with E-state index in [4.69, 9.17) is 0 Å². The molecule has 1 amide bonds. The summed E-state index contributed by atoms with van der Waals surface area (Å²) in [6.45, 7) is 7.73. The monoisotopic (exact) mass is 266 g/mol. The van der Waals surface area contributed by atoms with Gasteiger partial charge in [-0.15, -0.1) is 0 Å². The molecule has 2 rings (SSSR count). The fourth-order valence-corrected chi connectivity index (χ4v) is 3.68. The number of carbonyl (C=O) groups is 1. The number of nitrogens with zero attached hydrogens (tertiary/aromatic N) is 1. The smallest absolute Gasteiger partial charge is 0.223 e. The van der Waals surface area contributed by atoms with E-state index < -0.39 is 0 Å². The van der Waals surface area contributed by atoms with E-state index in [1.165, 1.54) is 32.1 Å². The van der Waals surface area contributed by atoms with Crippen molar-refractivity contribution in [3.63, 3.8) is 0 Å². The summed E-state index contributed by atoms with van der Waals surface area (Å²) >= 11 is 0. The second kappa shape index (κ2) is 7.28. The van der Waals surface area contributed by atoms with Crippen LogP contribution in [-0.2, 0) is 4.79 Å². The van der Waals surface area contributed by atoms with Gasteiger partial charge in [-0.25, -0.2) is 0 Å². The number of rotatable bonds is 4. The molecular formula is C16H30N2O. The summed E-state index contributed by atoms with van der Waals surface area (Å²) < 4.78 is 0. The first kappa shape index (κ1) is 14.8. The predicted molar refractivity (Wildman–Crippen MR) is 79.0 cm³/mol. The Balaban J connectivity index is 1.84. The molecule has 1 N–H and O–H groups in total. The SMILES string of the molecule is CCC1CCCCN1C(=O)CC(C)C1CCCNC1. The van der Waals surface area contributed by atoms with Crippen LogP contribution in [0.5, 0.6) is 0 Å². The van der Waals surface area contributed by atoms with Crippen LogP contribution in [0.25, 0.3) is 0 Å². The first-order chi connectivity index (χ1) is 9.22. The Morgan fingerprint density at radius 3 is 2.84 bits per heavy atom. The minimum Gasteiger partial charge on any atom is -0.340 e. The predicted octanol–water partition coefficient (Wildman–Crippen LogP) is 2.80. The van der Waals surface area contributed by atoms with Crippen LogP contribution in [0.2, 0.25) is 0 Å². The molecule has 2 heterocycles. The summed E-state index contributed by atoms with van der Waals surface area (Å²) in [6.07, 6.45) is 8.13. The zero-order valence-electron chi connectivity index (χ0n) is 12.7. The molecule has 2 fully saturated rings. The molecule has 19 heavy (non-hydrogen) atoms. The summed E-state index contributed by atoms with van der Waals surface area (Å²) in [5, 5.41) is 3.46. The molecule has 2 aliphatic heterocycles. The van der Waals surface area contributed by atoms with Crippen molar-refractivity contribution in [3.8, 4) is 0 Å². The van der Waals surface area contributed by atoms with Crippen LogP contribution >= 0.6 is 0 Å². The largest absolute Gasteiger partial charge is 0.340 e. The van der Waals surface area contributed by atoms with E-state index in [2.05, 4.69) is 24.1 Å². The van der Waals surface area contributed by atoms with Gasteiger partial charge in [-0.1, -0.05) is 13.8 Å². The van der Waals surface area contributed by atoms with Gasteiger partial charge in [-0.2, -0.15) is 0 Å². The number of likely N-dealkylation sites (tertiary alicyclic amines) is 1. The number of hydrogen-bond acceptors (Lipinski definition) is 2. The molecule has 0 saturated carbocycles. The third kappa shape index (κ3) is 3.95. The minimum atomic E-state index is 0.407.